The molecule has 2 heterocycles. The molecule has 3 aromatic rings. The van der Waals surface area contributed by atoms with E-state index in [9.17, 15) is 14.9 Å². The van der Waals surface area contributed by atoms with E-state index in [1.54, 1.807) is 24.0 Å². The van der Waals surface area contributed by atoms with Gasteiger partial charge in [0.05, 0.1) is 21.9 Å². The van der Waals surface area contributed by atoms with Gasteiger partial charge in [0.15, 0.2) is 0 Å². The van der Waals surface area contributed by atoms with Crippen LogP contribution in [-0.4, -0.2) is 26.8 Å². The van der Waals surface area contributed by atoms with Gasteiger partial charge in [-0.2, -0.15) is 10.2 Å². The van der Waals surface area contributed by atoms with Crippen molar-refractivity contribution in [2.24, 2.45) is 12.1 Å². The Bertz CT molecular complexity index is 978. The summed E-state index contributed by atoms with van der Waals surface area (Å²) in [6.45, 7) is 0. The molecule has 0 aliphatic rings. The van der Waals surface area contributed by atoms with Crippen LogP contribution in [0.1, 0.15) is 15.4 Å². The predicted molar refractivity (Wildman–Crippen MR) is 91.8 cm³/mol. The minimum atomic E-state index is -0.495. The summed E-state index contributed by atoms with van der Waals surface area (Å²) in [7, 11) is 1.75. The minimum absolute atomic E-state index is 0.0541. The van der Waals surface area contributed by atoms with Crippen LogP contribution in [0.2, 0.25) is 5.02 Å². The number of hydrogen-bond donors (Lipinski definition) is 1. The Hall–Kier alpha value is -2.78. The molecule has 10 heteroatoms. The molecule has 0 radical (unpaired) electrons. The highest BCUT2D eigenvalue weighted by Gasteiger charge is 2.18. The van der Waals surface area contributed by atoms with Gasteiger partial charge in [-0.05, 0) is 12.1 Å². The van der Waals surface area contributed by atoms with E-state index in [2.05, 4.69) is 15.6 Å². The molecule has 0 saturated heterocycles. The smallest absolute Gasteiger partial charge is 0.267 e. The molecule has 8 nitrogen and oxygen atoms in total. The highest BCUT2D eigenvalue weighted by molar-refractivity contribution is 7.21. The van der Waals surface area contributed by atoms with Gasteiger partial charge in [-0.15, -0.1) is 11.3 Å². The summed E-state index contributed by atoms with van der Waals surface area (Å²) in [6.07, 6.45) is 3.07. The van der Waals surface area contributed by atoms with Gasteiger partial charge in [-0.25, -0.2) is 5.43 Å². The zero-order valence-corrected chi connectivity index (χ0v) is 13.8. The molecule has 0 aliphatic carbocycles. The number of aryl methyl sites for hydroxylation is 1. The lowest BCUT2D eigenvalue weighted by Gasteiger charge is -1.97. The molecule has 1 amide bonds. The highest BCUT2D eigenvalue weighted by Crippen LogP contribution is 2.37. The number of hydrogen-bond acceptors (Lipinski definition) is 6. The normalized spacial score (nSPS) is 11.2. The molecule has 0 unspecified atom stereocenters. The van der Waals surface area contributed by atoms with Gasteiger partial charge in [-0.1, -0.05) is 11.6 Å². The molecule has 1 aromatic carbocycles. The number of nitro groups is 1. The van der Waals surface area contributed by atoms with E-state index in [4.69, 9.17) is 11.6 Å². The second-order valence-electron chi connectivity index (χ2n) is 4.76. The summed E-state index contributed by atoms with van der Waals surface area (Å²) in [4.78, 5) is 22.8. The Morgan fingerprint density at radius 2 is 2.29 bits per heavy atom. The lowest BCUT2D eigenvalue weighted by atomic mass is 10.2. The first-order valence-electron chi connectivity index (χ1n) is 6.65. The lowest BCUT2D eigenvalue weighted by molar-refractivity contribution is -0.384. The quantitative estimate of drug-likeness (QED) is 0.437. The van der Waals surface area contributed by atoms with E-state index < -0.39 is 10.8 Å². The number of nitro benzene ring substituents is 1. The number of carbonyl (C=O) groups excluding carboxylic acids is 1. The first-order chi connectivity index (χ1) is 11.5. The van der Waals surface area contributed by atoms with E-state index in [0.717, 1.165) is 11.3 Å². The number of halogens is 1. The van der Waals surface area contributed by atoms with Gasteiger partial charge in [0.2, 0.25) is 0 Å². The zero-order valence-electron chi connectivity index (χ0n) is 12.3. The molecule has 0 saturated carbocycles. The number of rotatable bonds is 4. The number of amides is 1. The first-order valence-corrected chi connectivity index (χ1v) is 7.84. The molecule has 0 fully saturated rings. The number of fused-ring (bicyclic) bond motifs is 1. The van der Waals surface area contributed by atoms with Gasteiger partial charge in [0.1, 0.15) is 4.88 Å². The third-order valence-corrected chi connectivity index (χ3v) is 4.91. The number of carbonyl (C=O) groups is 1. The van der Waals surface area contributed by atoms with Gasteiger partial charge in [-0.3, -0.25) is 19.6 Å². The third-order valence-electron chi connectivity index (χ3n) is 3.25. The van der Waals surface area contributed by atoms with Crippen LogP contribution in [0.3, 0.4) is 0 Å². The molecule has 0 aliphatic heterocycles. The minimum Gasteiger partial charge on any atom is -0.267 e. The molecule has 1 N–H and O–H groups in total. The summed E-state index contributed by atoms with van der Waals surface area (Å²) in [5, 5.41) is 19.5. The molecule has 2 aromatic heterocycles. The summed E-state index contributed by atoms with van der Waals surface area (Å²) in [6, 6.07) is 6.01. The molecular formula is C14H10ClN5O3S. The standard InChI is InChI=1S/C14H10ClN5O3S/c1-19-9(4-5-17-19)7-16-18-14(21)13-12(15)10-3-2-8(20(22)23)6-11(10)24-13/h2-7H,1H3,(H,18,21)/b16-7-. The van der Waals surface area contributed by atoms with Crippen LogP contribution in [-0.2, 0) is 7.05 Å². The number of non-ortho nitro benzene ring substituents is 1. The summed E-state index contributed by atoms with van der Waals surface area (Å²) < 4.78 is 2.16. The van der Waals surface area contributed by atoms with Crippen molar-refractivity contribution in [1.29, 1.82) is 0 Å². The second kappa shape index (κ2) is 6.38. The maximum Gasteiger partial charge on any atom is 0.283 e. The third kappa shape index (κ3) is 2.99. The molecule has 24 heavy (non-hydrogen) atoms. The lowest BCUT2D eigenvalue weighted by Crippen LogP contribution is -2.16. The molecular weight excluding hydrogens is 354 g/mol. The molecule has 3 rings (SSSR count). The fraction of sp³-hybridized carbons (Fsp3) is 0.0714. The first kappa shape index (κ1) is 16.1. The van der Waals surface area contributed by atoms with Crippen LogP contribution in [0, 0.1) is 10.1 Å². The maximum absolute atomic E-state index is 12.2. The summed E-state index contributed by atoms with van der Waals surface area (Å²) in [5.74, 6) is -0.484. The van der Waals surface area contributed by atoms with Crippen LogP contribution in [0.25, 0.3) is 10.1 Å². The monoisotopic (exact) mass is 363 g/mol. The number of thiophene rings is 1. The van der Waals surface area contributed by atoms with Gasteiger partial charge < -0.3 is 0 Å². The molecule has 122 valence electrons. The predicted octanol–water partition coefficient (Wildman–Crippen LogP) is 2.96. The average molecular weight is 364 g/mol. The van der Waals surface area contributed by atoms with Crippen molar-refractivity contribution >= 4 is 50.8 Å². The molecule has 0 bridgehead atoms. The Labute approximate surface area is 144 Å². The Balaban J connectivity index is 1.84. The number of hydrazone groups is 1. The van der Waals surface area contributed by atoms with Crippen molar-refractivity contribution in [2.75, 3.05) is 0 Å². The van der Waals surface area contributed by atoms with Crippen LogP contribution < -0.4 is 5.43 Å². The maximum atomic E-state index is 12.2. The Morgan fingerprint density at radius 3 is 2.96 bits per heavy atom. The van der Waals surface area contributed by atoms with Gasteiger partial charge in [0.25, 0.3) is 11.6 Å². The van der Waals surface area contributed by atoms with Crippen molar-refractivity contribution in [3.05, 3.63) is 56.2 Å². The van der Waals surface area contributed by atoms with E-state index >= 15 is 0 Å². The van der Waals surface area contributed by atoms with E-state index in [0.29, 0.717) is 15.8 Å². The van der Waals surface area contributed by atoms with Crippen molar-refractivity contribution in [2.45, 2.75) is 0 Å². The number of benzene rings is 1. The van der Waals surface area contributed by atoms with Crippen LogP contribution in [0.4, 0.5) is 5.69 Å². The highest BCUT2D eigenvalue weighted by atomic mass is 35.5. The van der Waals surface area contributed by atoms with Crippen molar-refractivity contribution in [3.8, 4) is 0 Å². The fourth-order valence-corrected chi connectivity index (χ4v) is 3.47. The SMILES string of the molecule is Cn1nccc1/C=N\NC(=O)c1sc2cc([N+](=O)[O-])ccc2c1Cl. The van der Waals surface area contributed by atoms with Gasteiger partial charge >= 0.3 is 0 Å². The topological polar surface area (TPSA) is 102 Å². The summed E-state index contributed by atoms with van der Waals surface area (Å²) in [5.41, 5.74) is 3.05. The molecule has 0 spiro atoms. The van der Waals surface area contributed by atoms with Crippen LogP contribution in [0.5, 0.6) is 0 Å². The van der Waals surface area contributed by atoms with E-state index in [1.165, 1.54) is 24.4 Å². The van der Waals surface area contributed by atoms with Crippen molar-refractivity contribution in [3.63, 3.8) is 0 Å². The summed E-state index contributed by atoms with van der Waals surface area (Å²) >= 11 is 7.28. The average Bonchev–Trinajstić information content (AvgIpc) is 3.11. The molecule has 0 atom stereocenters. The van der Waals surface area contributed by atoms with Crippen molar-refractivity contribution in [1.82, 2.24) is 15.2 Å². The van der Waals surface area contributed by atoms with Gasteiger partial charge in [0, 0.05) is 35.5 Å². The Morgan fingerprint density at radius 1 is 1.50 bits per heavy atom. The van der Waals surface area contributed by atoms with Crippen LogP contribution in [0.15, 0.2) is 35.6 Å². The van der Waals surface area contributed by atoms with E-state index in [1.807, 2.05) is 0 Å². The van der Waals surface area contributed by atoms with Crippen molar-refractivity contribution < 1.29 is 9.72 Å². The number of nitrogens with zero attached hydrogens (tertiary/aromatic N) is 4. The second-order valence-corrected chi connectivity index (χ2v) is 6.19. The fourth-order valence-electron chi connectivity index (χ4n) is 2.03. The van der Waals surface area contributed by atoms with E-state index in [-0.39, 0.29) is 15.6 Å². The Kier molecular flexibility index (Phi) is 4.28. The zero-order chi connectivity index (χ0) is 17.3. The number of nitrogens with one attached hydrogen (secondary N) is 1. The largest absolute Gasteiger partial charge is 0.283 e. The van der Waals surface area contributed by atoms with Crippen LogP contribution >= 0.6 is 22.9 Å². The number of aromatic nitrogens is 2.